The van der Waals surface area contributed by atoms with E-state index in [-0.39, 0.29) is 31.7 Å². The molecule has 9 heteroatoms. The molecule has 30 heavy (non-hydrogen) atoms. The molecule has 1 amide bonds. The van der Waals surface area contributed by atoms with Crippen molar-refractivity contribution in [3.8, 4) is 0 Å². The summed E-state index contributed by atoms with van der Waals surface area (Å²) in [7, 11) is -3.94. The average molecular weight is 437 g/mol. The fourth-order valence-electron chi connectivity index (χ4n) is 4.20. The lowest BCUT2D eigenvalue weighted by Crippen LogP contribution is -2.60. The zero-order chi connectivity index (χ0) is 22.1. The zero-order valence-corrected chi connectivity index (χ0v) is 17.8. The number of likely N-dealkylation sites (tertiary alicyclic amines) is 1. The molecule has 0 aliphatic carbocycles. The van der Waals surface area contributed by atoms with Crippen LogP contribution in [0.3, 0.4) is 0 Å². The highest BCUT2D eigenvalue weighted by Crippen LogP contribution is 2.43. The number of amides is 1. The van der Waals surface area contributed by atoms with Gasteiger partial charge in [0.25, 0.3) is 0 Å². The molecule has 0 saturated carbocycles. The van der Waals surface area contributed by atoms with E-state index >= 15 is 0 Å². The molecule has 0 radical (unpaired) electrons. The van der Waals surface area contributed by atoms with Gasteiger partial charge in [0, 0.05) is 12.6 Å². The average Bonchev–Trinajstić information content (AvgIpc) is 2.84. The summed E-state index contributed by atoms with van der Waals surface area (Å²) < 4.78 is 45.7. The Morgan fingerprint density at radius 2 is 2.17 bits per heavy atom. The summed E-state index contributed by atoms with van der Waals surface area (Å²) in [6.45, 7) is 7.41. The number of halogens is 1. The number of hydrogen-bond acceptors (Lipinski definition) is 5. The lowest BCUT2D eigenvalue weighted by Gasteiger charge is -2.45. The number of nitrogens with zero attached hydrogens (tertiary/aromatic N) is 2. The number of ether oxygens (including phenoxy) is 1. The van der Waals surface area contributed by atoms with Crippen LogP contribution < -0.4 is 4.31 Å². The van der Waals surface area contributed by atoms with Crippen LogP contribution in [0.25, 0.3) is 0 Å². The van der Waals surface area contributed by atoms with Crippen molar-refractivity contribution in [3.63, 3.8) is 0 Å². The van der Waals surface area contributed by atoms with Crippen LogP contribution in [0.5, 0.6) is 0 Å². The molecule has 2 fully saturated rings. The third kappa shape index (κ3) is 3.98. The van der Waals surface area contributed by atoms with E-state index in [1.165, 1.54) is 23.1 Å². The van der Waals surface area contributed by atoms with Gasteiger partial charge in [-0.1, -0.05) is 24.8 Å². The van der Waals surface area contributed by atoms with Crippen molar-refractivity contribution in [2.24, 2.45) is 0 Å². The second-order valence-electron chi connectivity index (χ2n) is 7.76. The van der Waals surface area contributed by atoms with Gasteiger partial charge in [0.15, 0.2) is 5.78 Å². The third-order valence-corrected chi connectivity index (χ3v) is 7.28. The molecular formula is C21H25FN2O5S. The fourth-order valence-corrected chi connectivity index (χ4v) is 6.16. The Morgan fingerprint density at radius 1 is 1.43 bits per heavy atom. The number of carbonyl (C=O) groups is 2. The molecule has 2 heterocycles. The number of sulfonamides is 1. The van der Waals surface area contributed by atoms with Gasteiger partial charge in [-0.25, -0.2) is 17.6 Å². The van der Waals surface area contributed by atoms with Crippen LogP contribution in [0.1, 0.15) is 26.7 Å². The predicted molar refractivity (Wildman–Crippen MR) is 111 cm³/mol. The van der Waals surface area contributed by atoms with Crippen molar-refractivity contribution >= 4 is 27.6 Å². The highest BCUT2D eigenvalue weighted by atomic mass is 32.2. The van der Waals surface area contributed by atoms with E-state index in [4.69, 9.17) is 4.74 Å². The van der Waals surface area contributed by atoms with Crippen molar-refractivity contribution < 1.29 is 27.1 Å². The van der Waals surface area contributed by atoms with Crippen LogP contribution in [0.4, 0.5) is 14.9 Å². The largest absolute Gasteiger partial charge is 0.445 e. The summed E-state index contributed by atoms with van der Waals surface area (Å²) in [6.07, 6.45) is 3.03. The Labute approximate surface area is 175 Å². The zero-order valence-electron chi connectivity index (χ0n) is 17.0. The van der Waals surface area contributed by atoms with Gasteiger partial charge in [-0.05, 0) is 50.5 Å². The quantitative estimate of drug-likeness (QED) is 0.678. The van der Waals surface area contributed by atoms with Crippen molar-refractivity contribution in [3.05, 3.63) is 54.4 Å². The Bertz CT molecular complexity index is 1010. The van der Waals surface area contributed by atoms with E-state index in [1.54, 1.807) is 19.1 Å². The van der Waals surface area contributed by atoms with Crippen molar-refractivity contribution in [1.29, 1.82) is 0 Å². The van der Waals surface area contributed by atoms with Crippen LogP contribution >= 0.6 is 0 Å². The monoisotopic (exact) mass is 436 g/mol. The molecule has 1 spiro atoms. The predicted octanol–water partition coefficient (Wildman–Crippen LogP) is 3.04. The van der Waals surface area contributed by atoms with Crippen LogP contribution in [0, 0.1) is 5.82 Å². The Hall–Kier alpha value is -2.68. The number of anilines is 1. The summed E-state index contributed by atoms with van der Waals surface area (Å²) in [4.78, 5) is 26.9. The lowest BCUT2D eigenvalue weighted by atomic mass is 9.80. The number of hydrogen-bond donors (Lipinski definition) is 0. The highest BCUT2D eigenvalue weighted by Gasteiger charge is 2.59. The summed E-state index contributed by atoms with van der Waals surface area (Å²) in [5, 5.41) is 0. The number of carbonyl (C=O) groups excluding carboxylic acids is 2. The SMILES string of the molecule is C=CC=C(C)COC(=O)N1CCC2(CC1C)C(=O)CS(=O)(=O)N2c1cccc(F)c1. The topological polar surface area (TPSA) is 84.0 Å². The summed E-state index contributed by atoms with van der Waals surface area (Å²) in [6, 6.07) is 4.76. The van der Waals surface area contributed by atoms with Gasteiger partial charge in [-0.2, -0.15) is 0 Å². The minimum atomic E-state index is -3.94. The minimum Gasteiger partial charge on any atom is -0.445 e. The molecule has 7 nitrogen and oxygen atoms in total. The molecule has 2 unspecified atom stereocenters. The molecule has 2 atom stereocenters. The van der Waals surface area contributed by atoms with Gasteiger partial charge in [0.2, 0.25) is 10.0 Å². The number of Topliss-reactive ketones (excluding diaryl/α,β-unsaturated/α-hetero) is 1. The van der Waals surface area contributed by atoms with Gasteiger partial charge in [-0.3, -0.25) is 9.10 Å². The van der Waals surface area contributed by atoms with E-state index in [2.05, 4.69) is 6.58 Å². The van der Waals surface area contributed by atoms with Crippen LogP contribution in [-0.4, -0.2) is 55.7 Å². The third-order valence-electron chi connectivity index (χ3n) is 5.53. The van der Waals surface area contributed by atoms with E-state index in [0.717, 1.165) is 15.9 Å². The summed E-state index contributed by atoms with van der Waals surface area (Å²) in [5.74, 6) is -1.66. The van der Waals surface area contributed by atoms with Gasteiger partial charge in [0.1, 0.15) is 23.7 Å². The van der Waals surface area contributed by atoms with Gasteiger partial charge >= 0.3 is 6.09 Å². The molecule has 0 aromatic heterocycles. The molecule has 0 bridgehead atoms. The molecular weight excluding hydrogens is 411 g/mol. The van der Waals surface area contributed by atoms with Gasteiger partial charge in [-0.15, -0.1) is 0 Å². The fraction of sp³-hybridized carbons (Fsp3) is 0.429. The number of rotatable bonds is 4. The summed E-state index contributed by atoms with van der Waals surface area (Å²) in [5.41, 5.74) is -0.385. The first-order valence-electron chi connectivity index (χ1n) is 9.64. The second-order valence-corrected chi connectivity index (χ2v) is 9.57. The standard InChI is InChI=1S/C21H25FN2O5S/c1-4-6-15(2)13-29-20(26)23-10-9-21(12-16(23)3)19(25)14-30(27,28)24(21)18-8-5-7-17(22)11-18/h4-8,11,16H,1,9-10,12-14H2,2-3H3. The maximum Gasteiger partial charge on any atom is 0.410 e. The van der Waals surface area contributed by atoms with Gasteiger partial charge in [0.05, 0.1) is 5.69 Å². The van der Waals surface area contributed by atoms with E-state index in [0.29, 0.717) is 0 Å². The molecule has 1 aromatic rings. The first kappa shape index (κ1) is 22.0. The Balaban J connectivity index is 1.84. The van der Waals surface area contributed by atoms with Crippen LogP contribution in [0.15, 0.2) is 48.6 Å². The maximum atomic E-state index is 13.8. The molecule has 0 N–H and O–H groups in total. The van der Waals surface area contributed by atoms with E-state index < -0.39 is 45.1 Å². The van der Waals surface area contributed by atoms with E-state index in [9.17, 15) is 22.4 Å². The minimum absolute atomic E-state index is 0.109. The number of allylic oxidation sites excluding steroid dienone is 2. The van der Waals surface area contributed by atoms with Gasteiger partial charge < -0.3 is 9.64 Å². The first-order chi connectivity index (χ1) is 14.1. The van der Waals surface area contributed by atoms with Crippen molar-refractivity contribution in [1.82, 2.24) is 4.90 Å². The molecule has 1 aromatic carbocycles. The maximum absolute atomic E-state index is 13.8. The Kier molecular flexibility index (Phi) is 6.03. The van der Waals surface area contributed by atoms with E-state index in [1.807, 2.05) is 6.92 Å². The Morgan fingerprint density at radius 3 is 2.80 bits per heavy atom. The first-order valence-corrected chi connectivity index (χ1v) is 11.3. The highest BCUT2D eigenvalue weighted by molar-refractivity contribution is 7.94. The number of benzene rings is 1. The molecule has 162 valence electrons. The summed E-state index contributed by atoms with van der Waals surface area (Å²) >= 11 is 0. The van der Waals surface area contributed by atoms with Crippen molar-refractivity contribution in [2.45, 2.75) is 38.3 Å². The normalized spacial score (nSPS) is 26.2. The van der Waals surface area contributed by atoms with Crippen LogP contribution in [-0.2, 0) is 19.6 Å². The smallest absolute Gasteiger partial charge is 0.410 e. The molecule has 2 aliphatic heterocycles. The van der Waals surface area contributed by atoms with Crippen LogP contribution in [0.2, 0.25) is 0 Å². The molecule has 3 rings (SSSR count). The number of ketones is 1. The van der Waals surface area contributed by atoms with Crippen molar-refractivity contribution in [2.75, 3.05) is 23.2 Å². The lowest BCUT2D eigenvalue weighted by molar-refractivity contribution is -0.122. The number of piperidine rings is 1. The second kappa shape index (κ2) is 8.22. The molecule has 2 aliphatic rings. The molecule has 2 saturated heterocycles.